The van der Waals surface area contributed by atoms with E-state index in [0.717, 1.165) is 25.7 Å². The molecule has 1 aromatic carbocycles. The molecule has 2 N–H and O–H groups in total. The molecule has 1 aliphatic carbocycles. The maximum atomic E-state index is 12.9. The van der Waals surface area contributed by atoms with Crippen LogP contribution in [-0.4, -0.2) is 51.8 Å². The average molecular weight is 354 g/mol. The zero-order valence-electron chi connectivity index (χ0n) is 13.4. The molecule has 0 atom stereocenters. The summed E-state index contributed by atoms with van der Waals surface area (Å²) in [6.07, 6.45) is 3.67. The summed E-state index contributed by atoms with van der Waals surface area (Å²) in [6.45, 7) is 2.21. The van der Waals surface area contributed by atoms with E-state index in [-0.39, 0.29) is 16.5 Å². The maximum Gasteiger partial charge on any atom is 0.335 e. The van der Waals surface area contributed by atoms with Crippen molar-refractivity contribution in [3.05, 3.63) is 23.8 Å². The summed E-state index contributed by atoms with van der Waals surface area (Å²) in [6, 6.07) is 4.21. The number of benzene rings is 1. The molecule has 8 heteroatoms. The molecule has 2 fully saturated rings. The lowest BCUT2D eigenvalue weighted by molar-refractivity contribution is 0.0696. The number of rotatable bonds is 5. The first-order valence-electron chi connectivity index (χ1n) is 8.20. The van der Waals surface area contributed by atoms with E-state index < -0.39 is 16.0 Å². The lowest BCUT2D eigenvalue weighted by atomic mass is 10.2. The van der Waals surface area contributed by atoms with Crippen molar-refractivity contribution < 1.29 is 23.1 Å². The Morgan fingerprint density at radius 2 is 1.88 bits per heavy atom. The number of carbonyl (C=O) groups is 1. The predicted molar refractivity (Wildman–Crippen MR) is 89.0 cm³/mol. The van der Waals surface area contributed by atoms with E-state index in [9.17, 15) is 18.3 Å². The Balaban J connectivity index is 1.98. The molecular weight excluding hydrogens is 332 g/mol. The summed E-state index contributed by atoms with van der Waals surface area (Å²) in [5, 5.41) is 9.21. The van der Waals surface area contributed by atoms with Crippen LogP contribution in [0.4, 0.5) is 5.69 Å². The Kier molecular flexibility index (Phi) is 5.07. The average Bonchev–Trinajstić information content (AvgIpc) is 3.07. The van der Waals surface area contributed by atoms with Crippen LogP contribution in [0.25, 0.3) is 0 Å². The van der Waals surface area contributed by atoms with Gasteiger partial charge in [0.15, 0.2) is 0 Å². The van der Waals surface area contributed by atoms with Crippen LogP contribution in [0.3, 0.4) is 0 Å². The van der Waals surface area contributed by atoms with Gasteiger partial charge in [0, 0.05) is 19.1 Å². The Hall–Kier alpha value is -1.64. The van der Waals surface area contributed by atoms with Crippen LogP contribution in [0.15, 0.2) is 23.1 Å². The van der Waals surface area contributed by atoms with Gasteiger partial charge in [-0.3, -0.25) is 0 Å². The monoisotopic (exact) mass is 354 g/mol. The fraction of sp³-hybridized carbons (Fsp3) is 0.562. The van der Waals surface area contributed by atoms with Gasteiger partial charge in [-0.1, -0.05) is 12.8 Å². The fourth-order valence-corrected chi connectivity index (χ4v) is 4.81. The van der Waals surface area contributed by atoms with E-state index in [1.165, 1.54) is 12.1 Å². The number of sulfonamides is 1. The molecule has 0 radical (unpaired) electrons. The second-order valence-corrected chi connectivity index (χ2v) is 7.87. The van der Waals surface area contributed by atoms with Gasteiger partial charge in [0.25, 0.3) is 0 Å². The molecule has 1 saturated heterocycles. The highest BCUT2D eigenvalue weighted by Crippen LogP contribution is 2.29. The first-order valence-corrected chi connectivity index (χ1v) is 9.68. The van der Waals surface area contributed by atoms with Gasteiger partial charge >= 0.3 is 5.97 Å². The van der Waals surface area contributed by atoms with Crippen molar-refractivity contribution in [2.24, 2.45) is 0 Å². The van der Waals surface area contributed by atoms with Gasteiger partial charge in [0.05, 0.1) is 24.5 Å². The van der Waals surface area contributed by atoms with E-state index in [1.54, 1.807) is 6.07 Å². The van der Waals surface area contributed by atoms with Crippen molar-refractivity contribution >= 4 is 21.7 Å². The van der Waals surface area contributed by atoms with Crippen LogP contribution in [0.1, 0.15) is 36.0 Å². The van der Waals surface area contributed by atoms with Gasteiger partial charge < -0.3 is 14.7 Å². The van der Waals surface area contributed by atoms with Crippen LogP contribution < -0.4 is 9.62 Å². The molecule has 0 amide bonds. The smallest absolute Gasteiger partial charge is 0.335 e. The molecule has 1 aliphatic heterocycles. The van der Waals surface area contributed by atoms with Gasteiger partial charge in [-0.25, -0.2) is 17.9 Å². The van der Waals surface area contributed by atoms with Crippen molar-refractivity contribution in [2.45, 2.75) is 36.6 Å². The number of nitrogens with one attached hydrogen (secondary N) is 1. The predicted octanol–water partition coefficient (Wildman–Crippen LogP) is 1.44. The van der Waals surface area contributed by atoms with Gasteiger partial charge in [-0.15, -0.1) is 0 Å². The first-order chi connectivity index (χ1) is 11.5. The summed E-state index contributed by atoms with van der Waals surface area (Å²) < 4.78 is 33.8. The quantitative estimate of drug-likeness (QED) is 0.831. The molecule has 0 aromatic heterocycles. The van der Waals surface area contributed by atoms with Crippen molar-refractivity contribution in [3.63, 3.8) is 0 Å². The van der Waals surface area contributed by atoms with Crippen molar-refractivity contribution in [1.29, 1.82) is 0 Å². The minimum atomic E-state index is -3.78. The third-order valence-electron chi connectivity index (χ3n) is 4.53. The Labute approximate surface area is 141 Å². The van der Waals surface area contributed by atoms with Crippen molar-refractivity contribution in [3.8, 4) is 0 Å². The van der Waals surface area contributed by atoms with Gasteiger partial charge in [-0.05, 0) is 31.0 Å². The van der Waals surface area contributed by atoms with E-state index in [0.29, 0.717) is 32.0 Å². The molecule has 0 spiro atoms. The number of aromatic carboxylic acids is 1. The molecule has 2 aliphatic rings. The number of anilines is 1. The Bertz CT molecular complexity index is 707. The highest BCUT2D eigenvalue weighted by Gasteiger charge is 2.28. The van der Waals surface area contributed by atoms with E-state index >= 15 is 0 Å². The molecular formula is C16H22N2O5S. The Morgan fingerprint density at radius 1 is 1.21 bits per heavy atom. The molecule has 1 saturated carbocycles. The highest BCUT2D eigenvalue weighted by molar-refractivity contribution is 7.89. The van der Waals surface area contributed by atoms with Crippen LogP contribution in [-0.2, 0) is 14.8 Å². The zero-order chi connectivity index (χ0) is 17.2. The molecule has 1 heterocycles. The van der Waals surface area contributed by atoms with Crippen molar-refractivity contribution in [1.82, 2.24) is 4.72 Å². The summed E-state index contributed by atoms with van der Waals surface area (Å²) in [5.41, 5.74) is 0.507. The number of ether oxygens (including phenoxy) is 1. The standard InChI is InChI=1S/C16H22N2O5S/c19-16(20)12-5-6-14(18-7-9-23-10-8-18)15(11-12)24(21,22)17-13-3-1-2-4-13/h5-6,11,13,17H,1-4,7-10H2,(H,19,20). The molecule has 0 bridgehead atoms. The van der Waals surface area contributed by atoms with Gasteiger partial charge in [0.1, 0.15) is 4.90 Å². The lowest BCUT2D eigenvalue weighted by Gasteiger charge is -2.30. The largest absolute Gasteiger partial charge is 0.478 e. The maximum absolute atomic E-state index is 12.9. The second kappa shape index (κ2) is 7.08. The second-order valence-electron chi connectivity index (χ2n) is 6.19. The summed E-state index contributed by atoms with van der Waals surface area (Å²) in [5.74, 6) is -1.14. The Morgan fingerprint density at radius 3 is 2.50 bits per heavy atom. The number of carboxylic acid groups (broad SMARTS) is 1. The summed E-state index contributed by atoms with van der Waals surface area (Å²) in [7, 11) is -3.78. The minimum Gasteiger partial charge on any atom is -0.478 e. The number of hydrogen-bond donors (Lipinski definition) is 2. The number of nitrogens with zero attached hydrogens (tertiary/aromatic N) is 1. The third-order valence-corrected chi connectivity index (χ3v) is 6.07. The van der Waals surface area contributed by atoms with Crippen LogP contribution in [0.2, 0.25) is 0 Å². The third kappa shape index (κ3) is 3.71. The normalized spacial score (nSPS) is 19.6. The molecule has 3 rings (SSSR count). The molecule has 0 unspecified atom stereocenters. The van der Waals surface area contributed by atoms with E-state index in [2.05, 4.69) is 4.72 Å². The topological polar surface area (TPSA) is 95.9 Å². The van der Waals surface area contributed by atoms with Crippen LogP contribution in [0, 0.1) is 0 Å². The van der Waals surface area contributed by atoms with Gasteiger partial charge in [-0.2, -0.15) is 0 Å². The lowest BCUT2D eigenvalue weighted by Crippen LogP contribution is -2.39. The molecule has 7 nitrogen and oxygen atoms in total. The zero-order valence-corrected chi connectivity index (χ0v) is 14.2. The number of hydrogen-bond acceptors (Lipinski definition) is 5. The first kappa shape index (κ1) is 17.2. The summed E-state index contributed by atoms with van der Waals surface area (Å²) in [4.78, 5) is 13.2. The van der Waals surface area contributed by atoms with Crippen LogP contribution >= 0.6 is 0 Å². The molecule has 24 heavy (non-hydrogen) atoms. The number of morpholine rings is 1. The van der Waals surface area contributed by atoms with Gasteiger partial charge in [0.2, 0.25) is 10.0 Å². The van der Waals surface area contributed by atoms with E-state index in [4.69, 9.17) is 4.74 Å². The van der Waals surface area contributed by atoms with Crippen molar-refractivity contribution in [2.75, 3.05) is 31.2 Å². The fourth-order valence-electron chi connectivity index (χ4n) is 3.25. The van der Waals surface area contributed by atoms with E-state index in [1.807, 2.05) is 4.90 Å². The highest BCUT2D eigenvalue weighted by atomic mass is 32.2. The summed E-state index contributed by atoms with van der Waals surface area (Å²) >= 11 is 0. The number of carboxylic acids is 1. The van der Waals surface area contributed by atoms with Crippen LogP contribution in [0.5, 0.6) is 0 Å². The molecule has 132 valence electrons. The SMILES string of the molecule is O=C(O)c1ccc(N2CCOCC2)c(S(=O)(=O)NC2CCCC2)c1. The molecule has 1 aromatic rings. The minimum absolute atomic E-state index is 0.0289.